The molecule has 0 aliphatic carbocycles. The van der Waals surface area contributed by atoms with Crippen LogP contribution in [0.1, 0.15) is 19.4 Å². The van der Waals surface area contributed by atoms with E-state index in [9.17, 15) is 4.21 Å². The molecule has 0 fully saturated rings. The lowest BCUT2D eigenvalue weighted by Gasteiger charge is -2.16. The fourth-order valence-electron chi connectivity index (χ4n) is 0.911. The van der Waals surface area contributed by atoms with E-state index in [1.807, 2.05) is 19.1 Å². The summed E-state index contributed by atoms with van der Waals surface area (Å²) in [4.78, 5) is 0.629. The van der Waals surface area contributed by atoms with Gasteiger partial charge in [-0.05, 0) is 32.9 Å². The number of rotatable bonds is 3. The molecule has 0 heterocycles. The summed E-state index contributed by atoms with van der Waals surface area (Å²) < 4.78 is 17.0. The monoisotopic (exact) mass is 222 g/mol. The van der Waals surface area contributed by atoms with Gasteiger partial charge in [-0.3, -0.25) is 4.18 Å². The molecule has 0 radical (unpaired) electrons. The normalized spacial score (nSPS) is 13.2. The van der Waals surface area contributed by atoms with Crippen molar-refractivity contribution in [2.75, 3.05) is 0 Å². The first-order chi connectivity index (χ1) is 6.94. The molecule has 1 aromatic carbocycles. The maximum absolute atomic E-state index is 11.7. The van der Waals surface area contributed by atoms with Gasteiger partial charge in [-0.1, -0.05) is 23.6 Å². The first kappa shape index (κ1) is 12.0. The van der Waals surface area contributed by atoms with Gasteiger partial charge in [-0.2, -0.15) is 0 Å². The summed E-state index contributed by atoms with van der Waals surface area (Å²) in [6.07, 6.45) is 5.25. The summed E-state index contributed by atoms with van der Waals surface area (Å²) in [5.74, 6) is 2.44. The highest BCUT2D eigenvalue weighted by Crippen LogP contribution is 2.16. The van der Waals surface area contributed by atoms with Crippen molar-refractivity contribution in [3.63, 3.8) is 0 Å². The molecule has 0 saturated carbocycles. The van der Waals surface area contributed by atoms with Gasteiger partial charge in [0.15, 0.2) is 11.1 Å². The SMILES string of the molecule is C#CC(C)(C)OS(=O)c1ccc(C)cc1. The van der Waals surface area contributed by atoms with Crippen molar-refractivity contribution in [1.82, 2.24) is 0 Å². The molecular weight excluding hydrogens is 208 g/mol. The molecule has 15 heavy (non-hydrogen) atoms. The fourth-order valence-corrected chi connectivity index (χ4v) is 1.79. The topological polar surface area (TPSA) is 26.3 Å². The number of terminal acetylenes is 1. The zero-order chi connectivity index (χ0) is 11.5. The summed E-state index contributed by atoms with van der Waals surface area (Å²) >= 11 is -1.50. The minimum atomic E-state index is -1.50. The van der Waals surface area contributed by atoms with Crippen LogP contribution in [0.15, 0.2) is 29.2 Å². The minimum absolute atomic E-state index is 0.629. The second-order valence-electron chi connectivity index (χ2n) is 3.79. The first-order valence-corrected chi connectivity index (χ1v) is 5.68. The molecule has 0 amide bonds. The molecule has 1 aromatic rings. The molecule has 0 spiro atoms. The molecule has 0 aromatic heterocycles. The second-order valence-corrected chi connectivity index (χ2v) is 4.89. The Balaban J connectivity index is 2.79. The molecule has 0 aliphatic heterocycles. The van der Waals surface area contributed by atoms with Crippen molar-refractivity contribution >= 4 is 11.1 Å². The quantitative estimate of drug-likeness (QED) is 0.734. The summed E-state index contributed by atoms with van der Waals surface area (Å²) in [7, 11) is 0. The summed E-state index contributed by atoms with van der Waals surface area (Å²) in [6, 6.07) is 7.33. The Hall–Kier alpha value is -1.11. The zero-order valence-electron chi connectivity index (χ0n) is 9.11. The molecule has 0 saturated heterocycles. The van der Waals surface area contributed by atoms with Crippen molar-refractivity contribution in [2.45, 2.75) is 31.3 Å². The molecule has 2 nitrogen and oxygen atoms in total. The van der Waals surface area contributed by atoms with Crippen LogP contribution < -0.4 is 0 Å². The zero-order valence-corrected chi connectivity index (χ0v) is 9.93. The Kier molecular flexibility index (Phi) is 3.67. The van der Waals surface area contributed by atoms with E-state index in [1.165, 1.54) is 0 Å². The highest BCUT2D eigenvalue weighted by molar-refractivity contribution is 7.80. The number of aryl methyl sites for hydroxylation is 1. The van der Waals surface area contributed by atoms with E-state index in [4.69, 9.17) is 10.6 Å². The third-order valence-corrected chi connectivity index (χ3v) is 3.07. The lowest BCUT2D eigenvalue weighted by atomic mass is 10.2. The predicted molar refractivity (Wildman–Crippen MR) is 61.6 cm³/mol. The molecule has 0 aliphatic rings. The Labute approximate surface area is 93.3 Å². The van der Waals surface area contributed by atoms with Gasteiger partial charge in [0.2, 0.25) is 0 Å². The molecule has 1 unspecified atom stereocenters. The van der Waals surface area contributed by atoms with E-state index < -0.39 is 16.7 Å². The van der Waals surface area contributed by atoms with Crippen LogP contribution in [0.3, 0.4) is 0 Å². The van der Waals surface area contributed by atoms with Crippen LogP contribution in [0.5, 0.6) is 0 Å². The van der Waals surface area contributed by atoms with Gasteiger partial charge in [0, 0.05) is 0 Å². The predicted octanol–water partition coefficient (Wildman–Crippen LogP) is 2.45. The van der Waals surface area contributed by atoms with Crippen LogP contribution in [0.2, 0.25) is 0 Å². The van der Waals surface area contributed by atoms with Crippen molar-refractivity contribution in [3.8, 4) is 12.3 Å². The average Bonchev–Trinajstić information content (AvgIpc) is 2.18. The van der Waals surface area contributed by atoms with Gasteiger partial charge in [-0.25, -0.2) is 4.21 Å². The lowest BCUT2D eigenvalue weighted by Crippen LogP contribution is -2.22. The van der Waals surface area contributed by atoms with Crippen LogP contribution in [-0.4, -0.2) is 9.81 Å². The Morgan fingerprint density at radius 3 is 2.33 bits per heavy atom. The van der Waals surface area contributed by atoms with E-state index in [0.29, 0.717) is 4.90 Å². The fraction of sp³-hybridized carbons (Fsp3) is 0.333. The van der Waals surface area contributed by atoms with E-state index in [-0.39, 0.29) is 0 Å². The second kappa shape index (κ2) is 4.61. The van der Waals surface area contributed by atoms with Gasteiger partial charge in [0.05, 0.1) is 4.90 Å². The maximum Gasteiger partial charge on any atom is 0.190 e. The molecule has 3 heteroatoms. The van der Waals surface area contributed by atoms with Crippen molar-refractivity contribution in [2.24, 2.45) is 0 Å². The van der Waals surface area contributed by atoms with Crippen molar-refractivity contribution in [3.05, 3.63) is 29.8 Å². The number of hydrogen-bond donors (Lipinski definition) is 0. The van der Waals surface area contributed by atoms with Crippen LogP contribution in [-0.2, 0) is 15.3 Å². The summed E-state index contributed by atoms with van der Waals surface area (Å²) in [5, 5.41) is 0. The summed E-state index contributed by atoms with van der Waals surface area (Å²) in [6.45, 7) is 5.39. The van der Waals surface area contributed by atoms with Crippen LogP contribution in [0.4, 0.5) is 0 Å². The Morgan fingerprint density at radius 2 is 1.87 bits per heavy atom. The summed E-state index contributed by atoms with van der Waals surface area (Å²) in [5.41, 5.74) is 0.308. The molecule has 0 bridgehead atoms. The van der Waals surface area contributed by atoms with E-state index in [0.717, 1.165) is 5.56 Å². The van der Waals surface area contributed by atoms with Crippen LogP contribution in [0.25, 0.3) is 0 Å². The van der Waals surface area contributed by atoms with Crippen LogP contribution >= 0.6 is 0 Å². The first-order valence-electron chi connectivity index (χ1n) is 4.60. The third kappa shape index (κ3) is 3.50. The van der Waals surface area contributed by atoms with Crippen LogP contribution in [0, 0.1) is 19.3 Å². The third-order valence-electron chi connectivity index (χ3n) is 1.85. The van der Waals surface area contributed by atoms with Gasteiger partial charge in [0.1, 0.15) is 5.60 Å². The molecule has 80 valence electrons. The van der Waals surface area contributed by atoms with Crippen molar-refractivity contribution < 1.29 is 8.39 Å². The van der Waals surface area contributed by atoms with Gasteiger partial charge < -0.3 is 0 Å². The van der Waals surface area contributed by atoms with E-state index >= 15 is 0 Å². The maximum atomic E-state index is 11.7. The molecular formula is C12H14O2S. The largest absolute Gasteiger partial charge is 0.268 e. The standard InChI is InChI=1S/C12H14O2S/c1-5-12(3,4)14-15(13)11-8-6-10(2)7-9-11/h1,6-9H,2-4H3. The molecule has 1 rings (SSSR count). The average molecular weight is 222 g/mol. The van der Waals surface area contributed by atoms with Crippen molar-refractivity contribution in [1.29, 1.82) is 0 Å². The molecule has 0 N–H and O–H groups in total. The van der Waals surface area contributed by atoms with E-state index in [2.05, 4.69) is 5.92 Å². The Morgan fingerprint density at radius 1 is 1.33 bits per heavy atom. The van der Waals surface area contributed by atoms with Gasteiger partial charge in [-0.15, -0.1) is 6.42 Å². The number of hydrogen-bond acceptors (Lipinski definition) is 2. The number of benzene rings is 1. The van der Waals surface area contributed by atoms with Gasteiger partial charge in [0.25, 0.3) is 0 Å². The lowest BCUT2D eigenvalue weighted by molar-refractivity contribution is 0.196. The highest BCUT2D eigenvalue weighted by atomic mass is 32.2. The van der Waals surface area contributed by atoms with E-state index in [1.54, 1.807) is 26.0 Å². The smallest absolute Gasteiger partial charge is 0.190 e. The molecule has 1 atom stereocenters. The van der Waals surface area contributed by atoms with Gasteiger partial charge >= 0.3 is 0 Å². The minimum Gasteiger partial charge on any atom is -0.268 e. The Bertz CT molecular complexity index is 399. The highest BCUT2D eigenvalue weighted by Gasteiger charge is 2.19.